The van der Waals surface area contributed by atoms with E-state index >= 15 is 0 Å². The predicted octanol–water partition coefficient (Wildman–Crippen LogP) is 23.9. The molecule has 0 saturated carbocycles. The van der Waals surface area contributed by atoms with Crippen molar-refractivity contribution in [2.75, 3.05) is 9.80 Å². The summed E-state index contributed by atoms with van der Waals surface area (Å²) in [6.07, 6.45) is 8.99. The minimum absolute atomic E-state index is 0.201. The van der Waals surface area contributed by atoms with Crippen molar-refractivity contribution in [2.24, 2.45) is 0 Å². The minimum atomic E-state index is -0.201. The van der Waals surface area contributed by atoms with Gasteiger partial charge >= 0.3 is 0 Å². The molecular weight excluding hydrogens is 1060 g/mol. The number of hydrogen-bond donors (Lipinski definition) is 0. The molecule has 0 atom stereocenters. The van der Waals surface area contributed by atoms with Crippen LogP contribution in [0.4, 0.5) is 34.1 Å². The second-order valence-corrected chi connectivity index (χ2v) is 25.0. The van der Waals surface area contributed by atoms with Crippen LogP contribution in [0, 0.1) is 0 Å². The number of benzene rings is 14. The fourth-order valence-electron chi connectivity index (χ4n) is 14.2. The Morgan fingerprint density at radius 2 is 0.545 bits per heavy atom. The Morgan fingerprint density at radius 1 is 0.239 bits per heavy atom. The zero-order valence-corrected chi connectivity index (χ0v) is 49.9. The first kappa shape index (κ1) is 52.7. The van der Waals surface area contributed by atoms with Crippen molar-refractivity contribution in [3.63, 3.8) is 0 Å². The van der Waals surface area contributed by atoms with Crippen molar-refractivity contribution in [3.05, 3.63) is 336 Å². The first-order chi connectivity index (χ1) is 43.1. The maximum absolute atomic E-state index is 2.44. The molecule has 0 aromatic heterocycles. The van der Waals surface area contributed by atoms with Crippen LogP contribution in [0.3, 0.4) is 0 Å². The highest BCUT2D eigenvalue weighted by atomic mass is 15.1. The van der Waals surface area contributed by atoms with Crippen molar-refractivity contribution < 1.29 is 0 Å². The van der Waals surface area contributed by atoms with Gasteiger partial charge in [0, 0.05) is 44.4 Å². The SMILES string of the molecule is CC1(C)c2cc(C=Cc3ccc(-c4ccc(C=Cc5ccc6c(c5)C(C)(C)c5cc(N(c7ccc8ccccc8c7)c7cccc8ccccc78)ccc5-6)cc4)cc3)ccc2-c2ccc(N(c3ccc4ccccc4c3)c3cccc4ccccc34)cc21. The largest absolute Gasteiger partial charge is 0.310 e. The summed E-state index contributed by atoms with van der Waals surface area (Å²) in [4.78, 5) is 4.89. The molecule has 2 aliphatic rings. The Bertz CT molecular complexity index is 4820. The number of anilines is 6. The second-order valence-electron chi connectivity index (χ2n) is 25.0. The Hall–Kier alpha value is -10.8. The Balaban J connectivity index is 0.614. The molecule has 0 bridgehead atoms. The molecule has 2 nitrogen and oxygen atoms in total. The van der Waals surface area contributed by atoms with Crippen LogP contribution in [0.5, 0.6) is 0 Å². The summed E-state index contributed by atoms with van der Waals surface area (Å²) in [6.45, 7) is 9.52. The minimum Gasteiger partial charge on any atom is -0.310 e. The van der Waals surface area contributed by atoms with Crippen LogP contribution in [0.15, 0.2) is 291 Å². The molecule has 0 aliphatic heterocycles. The van der Waals surface area contributed by atoms with E-state index in [9.17, 15) is 0 Å². The molecule has 0 spiro atoms. The molecule has 14 aromatic carbocycles. The maximum Gasteiger partial charge on any atom is 0.0540 e. The smallest absolute Gasteiger partial charge is 0.0540 e. The highest BCUT2D eigenvalue weighted by molar-refractivity contribution is 6.03. The monoisotopic (exact) mass is 1120 g/mol. The van der Waals surface area contributed by atoms with Crippen LogP contribution in [-0.4, -0.2) is 0 Å². The fourth-order valence-corrected chi connectivity index (χ4v) is 14.2. The van der Waals surface area contributed by atoms with E-state index in [1.54, 1.807) is 0 Å². The van der Waals surface area contributed by atoms with Gasteiger partial charge in [-0.25, -0.2) is 0 Å². The van der Waals surface area contributed by atoms with Gasteiger partial charge in [-0.1, -0.05) is 283 Å². The van der Waals surface area contributed by atoms with Crippen LogP contribution in [0.2, 0.25) is 0 Å². The topological polar surface area (TPSA) is 6.48 Å². The van der Waals surface area contributed by atoms with Gasteiger partial charge in [-0.2, -0.15) is 0 Å². The molecule has 0 heterocycles. The Labute approximate surface area is 515 Å². The van der Waals surface area contributed by atoms with E-state index in [4.69, 9.17) is 0 Å². The highest BCUT2D eigenvalue weighted by Gasteiger charge is 2.38. The molecule has 0 amide bonds. The van der Waals surface area contributed by atoms with Gasteiger partial charge < -0.3 is 9.80 Å². The van der Waals surface area contributed by atoms with Gasteiger partial charge in [0.15, 0.2) is 0 Å². The van der Waals surface area contributed by atoms with E-state index in [-0.39, 0.29) is 10.8 Å². The van der Waals surface area contributed by atoms with Gasteiger partial charge in [-0.05, 0) is 171 Å². The third-order valence-corrected chi connectivity index (χ3v) is 19.0. The van der Waals surface area contributed by atoms with Crippen LogP contribution < -0.4 is 9.80 Å². The average molecular weight is 1130 g/mol. The molecule has 0 fully saturated rings. The lowest BCUT2D eigenvalue weighted by Crippen LogP contribution is -2.17. The third-order valence-electron chi connectivity index (χ3n) is 19.0. The third kappa shape index (κ3) is 9.11. The van der Waals surface area contributed by atoms with Gasteiger partial charge in [0.2, 0.25) is 0 Å². The average Bonchev–Trinajstić information content (AvgIpc) is 1.60. The summed E-state index contributed by atoms with van der Waals surface area (Å²) >= 11 is 0. The molecule has 2 aliphatic carbocycles. The standard InChI is InChI=1S/C86H64N2/c1-85(2)79-51-59(35-47-75(79)77-49-45-71(55-81(77)85)87(69-43-41-61-15-5-7-19-67(61)53-69)83-25-13-21-65-17-9-11-23-73(65)83)29-27-57-31-37-63(38-32-57)64-39-33-58(34-40-64)28-30-60-36-48-76-78-50-46-72(56-82(78)86(3,4)80(76)52-60)88(70-44-42-62-16-6-8-20-68(62)54-70)84-26-14-22-66-18-10-12-24-74(66)84/h5-56H,1-4H3. The van der Waals surface area contributed by atoms with Crippen molar-refractivity contribution >= 4 is 102 Å². The molecule has 0 unspecified atom stereocenters. The molecular formula is C86H64N2. The summed E-state index contributed by atoms with van der Waals surface area (Å²) in [5.74, 6) is 0. The lowest BCUT2D eigenvalue weighted by Gasteiger charge is -2.29. The van der Waals surface area contributed by atoms with Crippen molar-refractivity contribution in [3.8, 4) is 33.4 Å². The fraction of sp³-hybridized carbons (Fsp3) is 0.0698. The summed E-state index contributed by atoms with van der Waals surface area (Å²) in [5, 5.41) is 9.83. The molecule has 88 heavy (non-hydrogen) atoms. The molecule has 0 saturated heterocycles. The van der Waals surface area contributed by atoms with E-state index in [1.807, 2.05) is 0 Å². The Kier molecular flexibility index (Phi) is 12.6. The second kappa shape index (κ2) is 21.0. The van der Waals surface area contributed by atoms with Crippen LogP contribution in [0.25, 0.3) is 101 Å². The van der Waals surface area contributed by atoms with Gasteiger partial charge in [0.25, 0.3) is 0 Å². The van der Waals surface area contributed by atoms with Gasteiger partial charge in [-0.15, -0.1) is 0 Å². The zero-order valence-electron chi connectivity index (χ0n) is 49.9. The number of hydrogen-bond acceptors (Lipinski definition) is 2. The normalized spacial score (nSPS) is 13.5. The van der Waals surface area contributed by atoms with Crippen LogP contribution in [0.1, 0.15) is 72.2 Å². The predicted molar refractivity (Wildman–Crippen MR) is 377 cm³/mol. The van der Waals surface area contributed by atoms with Crippen molar-refractivity contribution in [2.45, 2.75) is 38.5 Å². The molecule has 0 radical (unpaired) electrons. The summed E-state index contributed by atoms with van der Waals surface area (Å²) < 4.78 is 0. The summed E-state index contributed by atoms with van der Waals surface area (Å²) in [5.41, 5.74) is 24.3. The van der Waals surface area contributed by atoms with Crippen LogP contribution >= 0.6 is 0 Å². The Morgan fingerprint density at radius 3 is 0.966 bits per heavy atom. The summed E-state index contributed by atoms with van der Waals surface area (Å²) in [6, 6.07) is 108. The maximum atomic E-state index is 2.44. The van der Waals surface area contributed by atoms with Crippen LogP contribution in [-0.2, 0) is 10.8 Å². The van der Waals surface area contributed by atoms with Gasteiger partial charge in [0.1, 0.15) is 0 Å². The van der Waals surface area contributed by atoms with E-state index < -0.39 is 0 Å². The summed E-state index contributed by atoms with van der Waals surface area (Å²) in [7, 11) is 0. The van der Waals surface area contributed by atoms with E-state index in [0.717, 1.165) is 22.7 Å². The molecule has 0 N–H and O–H groups in total. The number of nitrogens with zero attached hydrogens (tertiary/aromatic N) is 2. The molecule has 14 aromatic rings. The number of fused-ring (bicyclic) bond motifs is 10. The van der Waals surface area contributed by atoms with Gasteiger partial charge in [-0.3, -0.25) is 0 Å². The van der Waals surface area contributed by atoms with E-state index in [1.165, 1.54) is 132 Å². The highest BCUT2D eigenvalue weighted by Crippen LogP contribution is 2.54. The lowest BCUT2D eigenvalue weighted by molar-refractivity contribution is 0.660. The zero-order chi connectivity index (χ0) is 59.1. The first-order valence-electron chi connectivity index (χ1n) is 30.8. The van der Waals surface area contributed by atoms with Crippen molar-refractivity contribution in [1.29, 1.82) is 0 Å². The quantitative estimate of drug-likeness (QED) is 0.119. The molecule has 418 valence electrons. The molecule has 2 heteroatoms. The van der Waals surface area contributed by atoms with E-state index in [2.05, 4.69) is 353 Å². The first-order valence-corrected chi connectivity index (χ1v) is 30.8. The van der Waals surface area contributed by atoms with E-state index in [0.29, 0.717) is 0 Å². The number of rotatable bonds is 11. The van der Waals surface area contributed by atoms with Crippen molar-refractivity contribution in [1.82, 2.24) is 0 Å². The van der Waals surface area contributed by atoms with Gasteiger partial charge in [0.05, 0.1) is 11.4 Å². The molecule has 16 rings (SSSR count). The lowest BCUT2D eigenvalue weighted by atomic mass is 9.81.